The molecular formula is C14H21FN2. The van der Waals surface area contributed by atoms with Crippen molar-refractivity contribution in [2.45, 2.75) is 44.9 Å². The number of hydrogen-bond donors (Lipinski definition) is 0. The number of hydrogen-bond acceptors (Lipinski definition) is 1. The smallest absolute Gasteiger partial charge is 0.100 e. The molecule has 0 spiro atoms. The fourth-order valence-electron chi connectivity index (χ4n) is 3.28. The van der Waals surface area contributed by atoms with Crippen molar-refractivity contribution in [3.05, 3.63) is 24.0 Å². The Morgan fingerprint density at radius 1 is 1.29 bits per heavy atom. The summed E-state index contributed by atoms with van der Waals surface area (Å²) in [5, 5.41) is 0. The van der Waals surface area contributed by atoms with Gasteiger partial charge in [-0.05, 0) is 37.3 Å². The molecule has 1 aliphatic heterocycles. The zero-order chi connectivity index (χ0) is 11.7. The van der Waals surface area contributed by atoms with Gasteiger partial charge in [0.05, 0.1) is 0 Å². The van der Waals surface area contributed by atoms with Gasteiger partial charge in [-0.3, -0.25) is 4.90 Å². The van der Waals surface area contributed by atoms with Crippen LogP contribution in [0.2, 0.25) is 0 Å². The first-order chi connectivity index (χ1) is 8.31. The Morgan fingerprint density at radius 3 is 3.12 bits per heavy atom. The van der Waals surface area contributed by atoms with E-state index >= 15 is 0 Å². The Bertz CT molecular complexity index is 374. The summed E-state index contributed by atoms with van der Waals surface area (Å²) in [6.07, 6.45) is 5.50. The van der Waals surface area contributed by atoms with Crippen LogP contribution in [0, 0.1) is 5.92 Å². The molecule has 2 atom stereocenters. The SMILES string of the molecule is FC1CCCC(CN2CCn3cccc3C2)C1. The van der Waals surface area contributed by atoms with Crippen LogP contribution in [0.3, 0.4) is 0 Å². The van der Waals surface area contributed by atoms with Crippen LogP contribution in [-0.2, 0) is 13.1 Å². The van der Waals surface area contributed by atoms with Crippen molar-refractivity contribution in [3.8, 4) is 0 Å². The van der Waals surface area contributed by atoms with E-state index in [9.17, 15) is 4.39 Å². The predicted octanol–water partition coefficient (Wildman–Crippen LogP) is 2.83. The molecule has 2 nitrogen and oxygen atoms in total. The molecule has 1 aliphatic carbocycles. The molecule has 0 saturated heterocycles. The first kappa shape index (κ1) is 11.3. The molecule has 2 heterocycles. The molecule has 0 aromatic carbocycles. The second-order valence-electron chi connectivity index (χ2n) is 5.56. The summed E-state index contributed by atoms with van der Waals surface area (Å²) >= 11 is 0. The molecule has 1 fully saturated rings. The molecular weight excluding hydrogens is 215 g/mol. The molecule has 0 bridgehead atoms. The van der Waals surface area contributed by atoms with E-state index in [2.05, 4.69) is 27.8 Å². The molecule has 2 unspecified atom stereocenters. The van der Waals surface area contributed by atoms with Gasteiger partial charge < -0.3 is 4.57 Å². The lowest BCUT2D eigenvalue weighted by molar-refractivity contribution is 0.131. The fraction of sp³-hybridized carbons (Fsp3) is 0.714. The molecule has 0 N–H and O–H groups in total. The second-order valence-corrected chi connectivity index (χ2v) is 5.56. The van der Waals surface area contributed by atoms with Gasteiger partial charge in [-0.2, -0.15) is 0 Å². The molecule has 94 valence electrons. The van der Waals surface area contributed by atoms with E-state index in [-0.39, 0.29) is 0 Å². The van der Waals surface area contributed by atoms with Gasteiger partial charge in [-0.1, -0.05) is 6.42 Å². The zero-order valence-electron chi connectivity index (χ0n) is 10.3. The Balaban J connectivity index is 1.56. The average Bonchev–Trinajstić information content (AvgIpc) is 2.76. The number of aromatic nitrogens is 1. The minimum absolute atomic E-state index is 0.539. The molecule has 3 rings (SSSR count). The summed E-state index contributed by atoms with van der Waals surface area (Å²) in [6, 6.07) is 4.32. The molecule has 1 aromatic heterocycles. The van der Waals surface area contributed by atoms with Gasteiger partial charge in [0.1, 0.15) is 6.17 Å². The van der Waals surface area contributed by atoms with Gasteiger partial charge in [-0.15, -0.1) is 0 Å². The van der Waals surface area contributed by atoms with E-state index in [1.165, 1.54) is 12.1 Å². The number of halogens is 1. The normalized spacial score (nSPS) is 30.2. The van der Waals surface area contributed by atoms with Gasteiger partial charge in [0.2, 0.25) is 0 Å². The van der Waals surface area contributed by atoms with Crippen molar-refractivity contribution < 1.29 is 4.39 Å². The topological polar surface area (TPSA) is 8.17 Å². The maximum Gasteiger partial charge on any atom is 0.100 e. The third-order valence-corrected chi connectivity index (χ3v) is 4.20. The van der Waals surface area contributed by atoms with Gasteiger partial charge in [-0.25, -0.2) is 4.39 Å². The lowest BCUT2D eigenvalue weighted by atomic mass is 9.87. The van der Waals surface area contributed by atoms with Crippen molar-refractivity contribution in [2.75, 3.05) is 13.1 Å². The maximum absolute atomic E-state index is 13.4. The van der Waals surface area contributed by atoms with E-state index in [1.54, 1.807) is 0 Å². The highest BCUT2D eigenvalue weighted by Gasteiger charge is 2.24. The molecule has 17 heavy (non-hydrogen) atoms. The number of fused-ring (bicyclic) bond motifs is 1. The highest BCUT2D eigenvalue weighted by atomic mass is 19.1. The molecule has 1 saturated carbocycles. The lowest BCUT2D eigenvalue weighted by Gasteiger charge is -2.33. The first-order valence-corrected chi connectivity index (χ1v) is 6.82. The summed E-state index contributed by atoms with van der Waals surface area (Å²) in [4.78, 5) is 2.50. The van der Waals surface area contributed by atoms with E-state index in [4.69, 9.17) is 0 Å². The maximum atomic E-state index is 13.4. The summed E-state index contributed by atoms with van der Waals surface area (Å²) < 4.78 is 15.7. The van der Waals surface area contributed by atoms with Crippen LogP contribution in [0.15, 0.2) is 18.3 Å². The minimum atomic E-state index is -0.539. The van der Waals surface area contributed by atoms with Crippen LogP contribution < -0.4 is 0 Å². The monoisotopic (exact) mass is 236 g/mol. The number of nitrogens with zero attached hydrogens (tertiary/aromatic N) is 2. The van der Waals surface area contributed by atoms with E-state index in [1.807, 2.05) is 0 Å². The fourth-order valence-corrected chi connectivity index (χ4v) is 3.28. The Hall–Kier alpha value is -0.830. The van der Waals surface area contributed by atoms with Gasteiger partial charge in [0, 0.05) is 38.1 Å². The summed E-state index contributed by atoms with van der Waals surface area (Å²) in [5.74, 6) is 0.584. The third-order valence-electron chi connectivity index (χ3n) is 4.20. The minimum Gasteiger partial charge on any atom is -0.349 e. The summed E-state index contributed by atoms with van der Waals surface area (Å²) in [6.45, 7) is 4.34. The zero-order valence-corrected chi connectivity index (χ0v) is 10.3. The summed E-state index contributed by atoms with van der Waals surface area (Å²) in [5.41, 5.74) is 1.41. The molecule has 0 amide bonds. The second kappa shape index (κ2) is 4.81. The van der Waals surface area contributed by atoms with Gasteiger partial charge >= 0.3 is 0 Å². The average molecular weight is 236 g/mol. The van der Waals surface area contributed by atoms with Crippen molar-refractivity contribution >= 4 is 0 Å². The van der Waals surface area contributed by atoms with Crippen molar-refractivity contribution in [2.24, 2.45) is 5.92 Å². The highest BCUT2D eigenvalue weighted by Crippen LogP contribution is 2.28. The largest absolute Gasteiger partial charge is 0.349 e. The Morgan fingerprint density at radius 2 is 2.24 bits per heavy atom. The van der Waals surface area contributed by atoms with Crippen molar-refractivity contribution in [1.29, 1.82) is 0 Å². The third kappa shape index (κ3) is 2.54. The molecule has 0 radical (unpaired) electrons. The first-order valence-electron chi connectivity index (χ1n) is 6.82. The van der Waals surface area contributed by atoms with Crippen molar-refractivity contribution in [3.63, 3.8) is 0 Å². The standard InChI is InChI=1S/C14H21FN2/c15-13-4-1-3-12(9-13)10-16-7-8-17-6-2-5-14(17)11-16/h2,5-6,12-13H,1,3-4,7-11H2. The molecule has 2 aliphatic rings. The molecule has 3 heteroatoms. The lowest BCUT2D eigenvalue weighted by Crippen LogP contribution is -2.37. The van der Waals surface area contributed by atoms with E-state index < -0.39 is 6.17 Å². The molecule has 1 aromatic rings. The van der Waals surface area contributed by atoms with Crippen LogP contribution in [0.25, 0.3) is 0 Å². The number of rotatable bonds is 2. The highest BCUT2D eigenvalue weighted by molar-refractivity contribution is 5.08. The van der Waals surface area contributed by atoms with Crippen LogP contribution in [0.5, 0.6) is 0 Å². The summed E-state index contributed by atoms with van der Waals surface area (Å²) in [7, 11) is 0. The van der Waals surface area contributed by atoms with Crippen LogP contribution >= 0.6 is 0 Å². The Labute approximate surface area is 102 Å². The van der Waals surface area contributed by atoms with Gasteiger partial charge in [0.15, 0.2) is 0 Å². The van der Waals surface area contributed by atoms with Crippen LogP contribution in [-0.4, -0.2) is 28.7 Å². The van der Waals surface area contributed by atoms with Crippen LogP contribution in [0.1, 0.15) is 31.4 Å². The number of alkyl halides is 1. The van der Waals surface area contributed by atoms with Crippen molar-refractivity contribution in [1.82, 2.24) is 9.47 Å². The van der Waals surface area contributed by atoms with Crippen LogP contribution in [0.4, 0.5) is 4.39 Å². The Kier molecular flexibility index (Phi) is 3.19. The van der Waals surface area contributed by atoms with E-state index in [0.29, 0.717) is 5.92 Å². The quantitative estimate of drug-likeness (QED) is 0.766. The predicted molar refractivity (Wildman–Crippen MR) is 66.6 cm³/mol. The van der Waals surface area contributed by atoms with E-state index in [0.717, 1.165) is 45.4 Å². The van der Waals surface area contributed by atoms with Gasteiger partial charge in [0.25, 0.3) is 0 Å².